The Kier molecular flexibility index (Phi) is 2.70. The lowest BCUT2D eigenvalue weighted by Gasteiger charge is -2.31. The van der Waals surface area contributed by atoms with Gasteiger partial charge < -0.3 is 0 Å². The van der Waals surface area contributed by atoms with E-state index in [1.54, 1.807) is 30.3 Å². The molecule has 3 rings (SSSR count). The molecule has 0 spiro atoms. The van der Waals surface area contributed by atoms with Crippen molar-refractivity contribution in [3.05, 3.63) is 42.5 Å². The molecule has 18 heavy (non-hydrogen) atoms. The zero-order valence-corrected chi connectivity index (χ0v) is 10.6. The zero-order valence-electron chi connectivity index (χ0n) is 9.78. The molecule has 94 valence electrons. The second-order valence-corrected chi connectivity index (χ2v) is 6.31. The van der Waals surface area contributed by atoms with Crippen molar-refractivity contribution in [3.8, 4) is 0 Å². The Bertz CT molecular complexity index is 605. The van der Waals surface area contributed by atoms with Crippen LogP contribution in [0.15, 0.2) is 52.5 Å². The van der Waals surface area contributed by atoms with Crippen LogP contribution in [0.1, 0.15) is 12.8 Å². The van der Waals surface area contributed by atoms with Gasteiger partial charge in [0.15, 0.2) is 0 Å². The molecular formula is C13H14N2O2S. The second-order valence-electron chi connectivity index (χ2n) is 4.65. The topological polar surface area (TPSA) is 58.5 Å². The van der Waals surface area contributed by atoms with Crippen LogP contribution in [0, 0.1) is 11.8 Å². The third-order valence-electron chi connectivity index (χ3n) is 3.53. The van der Waals surface area contributed by atoms with Gasteiger partial charge in [0.05, 0.1) is 4.90 Å². The van der Waals surface area contributed by atoms with Gasteiger partial charge in [-0.15, -0.1) is 0 Å². The molecule has 1 N–H and O–H groups in total. The fourth-order valence-electron chi connectivity index (χ4n) is 2.43. The lowest BCUT2D eigenvalue weighted by Crippen LogP contribution is -2.35. The van der Waals surface area contributed by atoms with Crippen molar-refractivity contribution in [3.63, 3.8) is 0 Å². The van der Waals surface area contributed by atoms with Gasteiger partial charge >= 0.3 is 0 Å². The highest BCUT2D eigenvalue weighted by molar-refractivity contribution is 7.89. The molecule has 2 aliphatic rings. The van der Waals surface area contributed by atoms with Gasteiger partial charge in [0.25, 0.3) is 10.0 Å². The summed E-state index contributed by atoms with van der Waals surface area (Å²) in [5.41, 5.74) is 0.963. The number of benzene rings is 1. The molecule has 1 aromatic rings. The summed E-state index contributed by atoms with van der Waals surface area (Å²) in [5.74, 6) is 0.994. The number of hydrazone groups is 1. The maximum Gasteiger partial charge on any atom is 0.276 e. The SMILES string of the molecule is O=S(=O)(N/N=C1\C[C@H]2C=CC[C@@H]12)c1ccccc1. The van der Waals surface area contributed by atoms with E-state index < -0.39 is 10.0 Å². The highest BCUT2D eigenvalue weighted by Crippen LogP contribution is 2.40. The lowest BCUT2D eigenvalue weighted by atomic mass is 9.74. The fourth-order valence-corrected chi connectivity index (χ4v) is 3.29. The first-order valence-electron chi connectivity index (χ1n) is 5.97. The predicted molar refractivity (Wildman–Crippen MR) is 69.6 cm³/mol. The molecule has 0 bridgehead atoms. The van der Waals surface area contributed by atoms with Gasteiger partial charge in [0.1, 0.15) is 0 Å². The Hall–Kier alpha value is -1.62. The van der Waals surface area contributed by atoms with Crippen molar-refractivity contribution in [2.75, 3.05) is 0 Å². The molecule has 0 amide bonds. The molecule has 0 aromatic heterocycles. The first kappa shape index (κ1) is 11.5. The summed E-state index contributed by atoms with van der Waals surface area (Å²) >= 11 is 0. The van der Waals surface area contributed by atoms with Crippen LogP contribution in [-0.2, 0) is 10.0 Å². The summed E-state index contributed by atoms with van der Waals surface area (Å²) < 4.78 is 23.9. The minimum Gasteiger partial charge on any atom is -0.200 e. The fraction of sp³-hybridized carbons (Fsp3) is 0.308. The van der Waals surface area contributed by atoms with Crippen LogP contribution in [-0.4, -0.2) is 14.1 Å². The van der Waals surface area contributed by atoms with Crippen molar-refractivity contribution in [1.29, 1.82) is 0 Å². The third kappa shape index (κ3) is 1.95. The molecular weight excluding hydrogens is 248 g/mol. The minimum absolute atomic E-state index is 0.245. The average molecular weight is 262 g/mol. The molecule has 0 radical (unpaired) electrons. The Morgan fingerprint density at radius 1 is 1.22 bits per heavy atom. The summed E-state index contributed by atoms with van der Waals surface area (Å²) in [4.78, 5) is 2.57. The van der Waals surface area contributed by atoms with Crippen LogP contribution < -0.4 is 4.83 Å². The maximum atomic E-state index is 11.9. The van der Waals surface area contributed by atoms with Crippen LogP contribution >= 0.6 is 0 Å². The molecule has 1 saturated carbocycles. The first-order chi connectivity index (χ1) is 8.67. The van der Waals surface area contributed by atoms with Gasteiger partial charge in [-0.1, -0.05) is 30.4 Å². The van der Waals surface area contributed by atoms with Crippen LogP contribution in [0.3, 0.4) is 0 Å². The van der Waals surface area contributed by atoms with Crippen molar-refractivity contribution >= 4 is 15.7 Å². The van der Waals surface area contributed by atoms with Gasteiger partial charge in [-0.3, -0.25) is 0 Å². The number of hydrogen-bond acceptors (Lipinski definition) is 3. The van der Waals surface area contributed by atoms with Gasteiger partial charge in [0.2, 0.25) is 0 Å². The molecule has 2 aliphatic carbocycles. The molecule has 2 atom stereocenters. The predicted octanol–water partition coefficient (Wildman–Crippen LogP) is 1.92. The first-order valence-corrected chi connectivity index (χ1v) is 7.45. The number of hydrogen-bond donors (Lipinski definition) is 1. The molecule has 0 unspecified atom stereocenters. The summed E-state index contributed by atoms with van der Waals surface area (Å²) in [6, 6.07) is 8.29. The number of nitrogens with one attached hydrogen (secondary N) is 1. The van der Waals surface area contributed by atoms with Gasteiger partial charge in [-0.25, -0.2) is 4.83 Å². The molecule has 5 heteroatoms. The maximum absolute atomic E-state index is 11.9. The molecule has 1 fully saturated rings. The summed E-state index contributed by atoms with van der Waals surface area (Å²) in [6.45, 7) is 0. The zero-order chi connectivity index (χ0) is 12.6. The van der Waals surface area contributed by atoms with E-state index >= 15 is 0 Å². The second kappa shape index (κ2) is 4.24. The number of sulfonamides is 1. The van der Waals surface area contributed by atoms with Crippen molar-refractivity contribution in [2.24, 2.45) is 16.9 Å². The van der Waals surface area contributed by atoms with E-state index in [1.165, 1.54) is 0 Å². The number of rotatable bonds is 3. The molecule has 1 aromatic carbocycles. The van der Waals surface area contributed by atoms with Crippen molar-refractivity contribution in [1.82, 2.24) is 4.83 Å². The summed E-state index contributed by atoms with van der Waals surface area (Å²) in [6.07, 6.45) is 6.19. The van der Waals surface area contributed by atoms with E-state index in [1.807, 2.05) is 0 Å². The average Bonchev–Trinajstić information content (AvgIpc) is 2.72. The largest absolute Gasteiger partial charge is 0.276 e. The molecule has 0 saturated heterocycles. The van der Waals surface area contributed by atoms with Crippen LogP contribution in [0.4, 0.5) is 0 Å². The highest BCUT2D eigenvalue weighted by Gasteiger charge is 2.38. The number of nitrogens with zero attached hydrogens (tertiary/aromatic N) is 1. The summed E-state index contributed by atoms with van der Waals surface area (Å²) in [7, 11) is -3.52. The molecule has 0 aliphatic heterocycles. The standard InChI is InChI=1S/C13H14N2O2S/c16-18(17,11-6-2-1-3-7-11)15-14-13-9-10-5-4-8-12(10)13/h1-7,10,12,15H,8-9H2/b14-13+/t10-,12-/m1/s1. The van der Waals surface area contributed by atoms with Crippen LogP contribution in [0.25, 0.3) is 0 Å². The van der Waals surface area contributed by atoms with E-state index in [4.69, 9.17) is 0 Å². The monoisotopic (exact) mass is 262 g/mol. The quantitative estimate of drug-likeness (QED) is 0.668. The van der Waals surface area contributed by atoms with Gasteiger partial charge in [-0.05, 0) is 30.9 Å². The number of fused-ring (bicyclic) bond motifs is 1. The van der Waals surface area contributed by atoms with Gasteiger partial charge in [-0.2, -0.15) is 13.5 Å². The van der Waals surface area contributed by atoms with E-state index in [2.05, 4.69) is 22.1 Å². The Morgan fingerprint density at radius 2 is 2.00 bits per heavy atom. The summed E-state index contributed by atoms with van der Waals surface area (Å²) in [5, 5.41) is 4.06. The van der Waals surface area contributed by atoms with Crippen molar-refractivity contribution < 1.29 is 8.42 Å². The van der Waals surface area contributed by atoms with E-state index in [-0.39, 0.29) is 4.90 Å². The minimum atomic E-state index is -3.52. The van der Waals surface area contributed by atoms with Crippen molar-refractivity contribution in [2.45, 2.75) is 17.7 Å². The van der Waals surface area contributed by atoms with Crippen LogP contribution in [0.2, 0.25) is 0 Å². The van der Waals surface area contributed by atoms with Gasteiger partial charge in [0, 0.05) is 11.6 Å². The van der Waals surface area contributed by atoms with Crippen LogP contribution in [0.5, 0.6) is 0 Å². The lowest BCUT2D eigenvalue weighted by molar-refractivity contribution is 0.463. The van der Waals surface area contributed by atoms with E-state index in [0.717, 1.165) is 18.6 Å². The molecule has 0 heterocycles. The Morgan fingerprint density at radius 3 is 2.72 bits per heavy atom. The van der Waals surface area contributed by atoms with E-state index in [0.29, 0.717) is 11.8 Å². The number of allylic oxidation sites excluding steroid dienone is 2. The highest BCUT2D eigenvalue weighted by atomic mass is 32.2. The smallest absolute Gasteiger partial charge is 0.200 e. The Balaban J connectivity index is 1.72. The van der Waals surface area contributed by atoms with E-state index in [9.17, 15) is 8.42 Å². The normalized spacial score (nSPS) is 27.9. The third-order valence-corrected chi connectivity index (χ3v) is 4.75. The molecule has 4 nitrogen and oxygen atoms in total. The Labute approximate surface area is 106 Å².